The lowest BCUT2D eigenvalue weighted by Gasteiger charge is -2.55. The van der Waals surface area contributed by atoms with Crippen molar-refractivity contribution in [2.45, 2.75) is 71.6 Å². The van der Waals surface area contributed by atoms with E-state index in [1.54, 1.807) is 19.3 Å². The monoisotopic (exact) mass is 258 g/mol. The quantitative estimate of drug-likeness (QED) is 0.497. The van der Waals surface area contributed by atoms with Crippen molar-refractivity contribution in [2.24, 2.45) is 35.0 Å². The van der Waals surface area contributed by atoms with Gasteiger partial charge in [0.1, 0.15) is 0 Å². The minimum atomic E-state index is 0.609. The van der Waals surface area contributed by atoms with E-state index in [-0.39, 0.29) is 0 Å². The van der Waals surface area contributed by atoms with Crippen LogP contribution in [0.25, 0.3) is 0 Å². The Hall–Kier alpha value is -0.260. The maximum atomic E-state index is 2.63. The van der Waals surface area contributed by atoms with E-state index in [9.17, 15) is 0 Å². The second-order valence-electron chi connectivity index (χ2n) is 8.31. The third-order valence-corrected chi connectivity index (χ3v) is 7.70. The van der Waals surface area contributed by atoms with Crippen molar-refractivity contribution in [3.05, 3.63) is 11.6 Å². The molecule has 0 amide bonds. The van der Waals surface area contributed by atoms with Gasteiger partial charge in [-0.3, -0.25) is 0 Å². The number of fused-ring (bicyclic) bond motifs is 5. The van der Waals surface area contributed by atoms with Gasteiger partial charge in [0.25, 0.3) is 0 Å². The summed E-state index contributed by atoms with van der Waals surface area (Å²) in [5.41, 5.74) is 2.47. The van der Waals surface area contributed by atoms with E-state index < -0.39 is 0 Å². The summed E-state index contributed by atoms with van der Waals surface area (Å²) >= 11 is 0. The number of allylic oxidation sites excluding steroid dienone is 2. The Bertz CT molecular complexity index is 393. The van der Waals surface area contributed by atoms with Gasteiger partial charge in [0.05, 0.1) is 0 Å². The zero-order valence-corrected chi connectivity index (χ0v) is 12.8. The Morgan fingerprint density at radius 2 is 1.84 bits per heavy atom. The Kier molecular flexibility index (Phi) is 2.87. The average molecular weight is 258 g/mol. The molecule has 19 heavy (non-hydrogen) atoms. The van der Waals surface area contributed by atoms with Crippen molar-refractivity contribution in [2.75, 3.05) is 0 Å². The van der Waals surface area contributed by atoms with E-state index in [2.05, 4.69) is 19.9 Å². The lowest BCUT2D eigenvalue weighted by molar-refractivity contribution is -0.00546. The summed E-state index contributed by atoms with van der Waals surface area (Å²) in [5.74, 6) is 5.36. The van der Waals surface area contributed by atoms with Crippen LogP contribution >= 0.6 is 0 Å². The molecule has 0 heteroatoms. The van der Waals surface area contributed by atoms with E-state index in [4.69, 9.17) is 0 Å². The molecule has 3 saturated carbocycles. The fourth-order valence-corrected chi connectivity index (χ4v) is 6.70. The molecule has 0 heterocycles. The molecule has 4 aliphatic carbocycles. The normalized spacial score (nSPS) is 52.9. The second kappa shape index (κ2) is 4.37. The average Bonchev–Trinajstić information content (AvgIpc) is 2.80. The summed E-state index contributed by atoms with van der Waals surface area (Å²) in [6.45, 7) is 5.16. The fourth-order valence-electron chi connectivity index (χ4n) is 6.70. The molecule has 106 valence electrons. The first-order valence-corrected chi connectivity index (χ1v) is 8.89. The highest BCUT2D eigenvalue weighted by atomic mass is 14.6. The molecule has 0 aliphatic heterocycles. The van der Waals surface area contributed by atoms with Gasteiger partial charge in [0.2, 0.25) is 0 Å². The second-order valence-corrected chi connectivity index (χ2v) is 8.31. The standard InChI is InChI=1S/C19H30/c1-13-6-8-16-15(13)10-11-18-17(16)9-7-14-5-3-4-12-19(14,18)2/h5,13,15-18H,3-4,6-12H2,1-2H3/t13-,15?,16?,17?,18?,19-/m0/s1. The lowest BCUT2D eigenvalue weighted by Crippen LogP contribution is -2.46. The first kappa shape index (κ1) is 12.5. The molecule has 0 aromatic carbocycles. The summed E-state index contributed by atoms with van der Waals surface area (Å²) in [7, 11) is 0. The Labute approximate surface area is 119 Å². The number of hydrogen-bond donors (Lipinski definition) is 0. The van der Waals surface area contributed by atoms with Crippen LogP contribution in [0, 0.1) is 35.0 Å². The lowest BCUT2D eigenvalue weighted by atomic mass is 9.50. The topological polar surface area (TPSA) is 0 Å². The van der Waals surface area contributed by atoms with Gasteiger partial charge in [-0.2, -0.15) is 0 Å². The summed E-state index contributed by atoms with van der Waals surface area (Å²) in [6, 6.07) is 0. The van der Waals surface area contributed by atoms with Crippen molar-refractivity contribution in [3.8, 4) is 0 Å². The maximum absolute atomic E-state index is 2.63. The molecular formula is C19H30. The van der Waals surface area contributed by atoms with Gasteiger partial charge in [0, 0.05) is 0 Å². The highest BCUT2D eigenvalue weighted by Crippen LogP contribution is 2.62. The van der Waals surface area contributed by atoms with Crippen molar-refractivity contribution < 1.29 is 0 Å². The third kappa shape index (κ3) is 1.71. The third-order valence-electron chi connectivity index (χ3n) is 7.70. The Morgan fingerprint density at radius 3 is 2.74 bits per heavy atom. The molecule has 0 saturated heterocycles. The molecular weight excluding hydrogens is 228 g/mol. The first-order valence-electron chi connectivity index (χ1n) is 8.89. The predicted molar refractivity (Wildman–Crippen MR) is 80.9 cm³/mol. The minimum Gasteiger partial charge on any atom is -0.0848 e. The molecule has 0 aromatic heterocycles. The molecule has 0 N–H and O–H groups in total. The molecule has 0 bridgehead atoms. The van der Waals surface area contributed by atoms with Gasteiger partial charge in [0.15, 0.2) is 0 Å². The van der Waals surface area contributed by atoms with Crippen LogP contribution < -0.4 is 0 Å². The van der Waals surface area contributed by atoms with E-state index in [0.717, 1.165) is 29.6 Å². The molecule has 0 spiro atoms. The van der Waals surface area contributed by atoms with Crippen molar-refractivity contribution in [3.63, 3.8) is 0 Å². The molecule has 4 aliphatic rings. The van der Waals surface area contributed by atoms with E-state index in [1.165, 1.54) is 38.5 Å². The summed E-state index contributed by atoms with van der Waals surface area (Å²) in [6.07, 6.45) is 16.1. The van der Waals surface area contributed by atoms with E-state index in [0.29, 0.717) is 5.41 Å². The first-order chi connectivity index (χ1) is 9.20. The summed E-state index contributed by atoms with van der Waals surface area (Å²) < 4.78 is 0. The molecule has 3 fully saturated rings. The smallest absolute Gasteiger partial charge is 0.00853 e. The molecule has 4 rings (SSSR count). The van der Waals surface area contributed by atoms with E-state index >= 15 is 0 Å². The van der Waals surface area contributed by atoms with Crippen LogP contribution in [0.4, 0.5) is 0 Å². The molecule has 6 atom stereocenters. The zero-order chi connectivity index (χ0) is 13.0. The number of hydrogen-bond acceptors (Lipinski definition) is 0. The van der Waals surface area contributed by atoms with Gasteiger partial charge in [-0.25, -0.2) is 0 Å². The predicted octanol–water partition coefficient (Wildman–Crippen LogP) is 5.59. The minimum absolute atomic E-state index is 0.609. The van der Waals surface area contributed by atoms with Crippen LogP contribution in [0.1, 0.15) is 71.6 Å². The van der Waals surface area contributed by atoms with Crippen LogP contribution in [-0.4, -0.2) is 0 Å². The molecule has 4 unspecified atom stereocenters. The van der Waals surface area contributed by atoms with Crippen LogP contribution in [0.5, 0.6) is 0 Å². The Balaban J connectivity index is 1.65. The van der Waals surface area contributed by atoms with Crippen LogP contribution in [0.2, 0.25) is 0 Å². The van der Waals surface area contributed by atoms with Crippen molar-refractivity contribution in [1.82, 2.24) is 0 Å². The van der Waals surface area contributed by atoms with Gasteiger partial charge < -0.3 is 0 Å². The summed E-state index contributed by atoms with van der Waals surface area (Å²) in [5, 5.41) is 0. The fraction of sp³-hybridized carbons (Fsp3) is 0.895. The Morgan fingerprint density at radius 1 is 1.00 bits per heavy atom. The van der Waals surface area contributed by atoms with Gasteiger partial charge in [-0.15, -0.1) is 0 Å². The SMILES string of the molecule is C[C@H]1CCC2C3CCC4=CCCC[C@]4(C)C3CCC21. The largest absolute Gasteiger partial charge is 0.0848 e. The van der Waals surface area contributed by atoms with Crippen LogP contribution in [0.15, 0.2) is 11.6 Å². The number of rotatable bonds is 0. The highest BCUT2D eigenvalue weighted by Gasteiger charge is 2.53. The van der Waals surface area contributed by atoms with E-state index in [1.807, 2.05) is 5.57 Å². The van der Waals surface area contributed by atoms with Crippen LogP contribution in [0.3, 0.4) is 0 Å². The van der Waals surface area contributed by atoms with Gasteiger partial charge >= 0.3 is 0 Å². The van der Waals surface area contributed by atoms with Crippen LogP contribution in [-0.2, 0) is 0 Å². The molecule has 0 radical (unpaired) electrons. The highest BCUT2D eigenvalue weighted by molar-refractivity contribution is 5.22. The maximum Gasteiger partial charge on any atom is -0.00853 e. The molecule has 0 aromatic rings. The van der Waals surface area contributed by atoms with Gasteiger partial charge in [-0.05, 0) is 86.4 Å². The summed E-state index contributed by atoms with van der Waals surface area (Å²) in [4.78, 5) is 0. The zero-order valence-electron chi connectivity index (χ0n) is 12.8. The van der Waals surface area contributed by atoms with Crippen molar-refractivity contribution >= 4 is 0 Å². The molecule has 0 nitrogen and oxygen atoms in total. The van der Waals surface area contributed by atoms with Gasteiger partial charge in [-0.1, -0.05) is 31.9 Å². The van der Waals surface area contributed by atoms with Crippen molar-refractivity contribution in [1.29, 1.82) is 0 Å².